The second-order valence-electron chi connectivity index (χ2n) is 5.41. The van der Waals surface area contributed by atoms with Gasteiger partial charge in [0.15, 0.2) is 0 Å². The fraction of sp³-hybridized carbons (Fsp3) is 0.375. The quantitative estimate of drug-likeness (QED) is 0.775. The first-order valence-corrected chi connectivity index (χ1v) is 7.41. The number of carbonyl (C=O) groups is 1. The van der Waals surface area contributed by atoms with Gasteiger partial charge in [0.2, 0.25) is 11.5 Å². The van der Waals surface area contributed by atoms with Crippen LogP contribution in [0.1, 0.15) is 12.0 Å². The Morgan fingerprint density at radius 2 is 2.17 bits per heavy atom. The molecule has 0 aliphatic carbocycles. The number of morpholine rings is 1. The van der Waals surface area contributed by atoms with Crippen molar-refractivity contribution in [3.63, 3.8) is 0 Å². The standard InChI is InChI=1S/C16H19N3O3.ClH/c20-15(8-12-10-22-6-5-17-12)18-9-11-7-16(21)19-14-4-2-1-3-13(11)14;/h1-4,7,12,17H,5-6,8-10H2,(H,18,20)(H,19,21);1H. The molecular formula is C16H20ClN3O3. The van der Waals surface area contributed by atoms with E-state index < -0.39 is 0 Å². The maximum Gasteiger partial charge on any atom is 0.248 e. The van der Waals surface area contributed by atoms with Gasteiger partial charge in [0, 0.05) is 42.5 Å². The number of hydrogen-bond acceptors (Lipinski definition) is 4. The van der Waals surface area contributed by atoms with Crippen molar-refractivity contribution < 1.29 is 9.53 Å². The monoisotopic (exact) mass is 337 g/mol. The molecule has 0 saturated carbocycles. The van der Waals surface area contributed by atoms with Crippen LogP contribution < -0.4 is 16.2 Å². The molecule has 1 fully saturated rings. The van der Waals surface area contributed by atoms with Gasteiger partial charge in [-0.15, -0.1) is 12.4 Å². The Hall–Kier alpha value is -1.89. The van der Waals surface area contributed by atoms with Gasteiger partial charge in [0.25, 0.3) is 0 Å². The maximum atomic E-state index is 12.0. The van der Waals surface area contributed by atoms with Crippen molar-refractivity contribution >= 4 is 29.2 Å². The van der Waals surface area contributed by atoms with E-state index in [-0.39, 0.29) is 29.9 Å². The van der Waals surface area contributed by atoms with Crippen LogP contribution in [0.25, 0.3) is 10.9 Å². The number of amides is 1. The van der Waals surface area contributed by atoms with Gasteiger partial charge in [-0.1, -0.05) is 18.2 Å². The summed E-state index contributed by atoms with van der Waals surface area (Å²) >= 11 is 0. The number of H-pyrrole nitrogens is 1. The molecular weight excluding hydrogens is 318 g/mol. The molecule has 2 heterocycles. The predicted octanol–water partition coefficient (Wildman–Crippen LogP) is 0.945. The summed E-state index contributed by atoms with van der Waals surface area (Å²) in [5, 5.41) is 7.07. The van der Waals surface area contributed by atoms with E-state index in [1.807, 2.05) is 24.3 Å². The van der Waals surface area contributed by atoms with Gasteiger partial charge < -0.3 is 20.4 Å². The van der Waals surface area contributed by atoms with Crippen LogP contribution in [0.15, 0.2) is 35.1 Å². The molecule has 1 aromatic carbocycles. The van der Waals surface area contributed by atoms with Crippen LogP contribution in [-0.4, -0.2) is 36.7 Å². The molecule has 1 aliphatic heterocycles. The Morgan fingerprint density at radius 3 is 2.96 bits per heavy atom. The molecule has 1 aliphatic rings. The smallest absolute Gasteiger partial charge is 0.248 e. The van der Waals surface area contributed by atoms with Gasteiger partial charge in [-0.3, -0.25) is 9.59 Å². The molecule has 0 spiro atoms. The number of ether oxygens (including phenoxy) is 1. The minimum absolute atomic E-state index is 0. The van der Waals surface area contributed by atoms with Crippen LogP contribution >= 0.6 is 12.4 Å². The largest absolute Gasteiger partial charge is 0.378 e. The van der Waals surface area contributed by atoms with Gasteiger partial charge in [-0.25, -0.2) is 0 Å². The van der Waals surface area contributed by atoms with Crippen LogP contribution in [0, 0.1) is 0 Å². The molecule has 3 rings (SSSR count). The number of nitrogens with one attached hydrogen (secondary N) is 3. The van der Waals surface area contributed by atoms with Crippen LogP contribution in [-0.2, 0) is 16.1 Å². The molecule has 0 bridgehead atoms. The maximum absolute atomic E-state index is 12.0. The first-order valence-electron chi connectivity index (χ1n) is 7.41. The second-order valence-corrected chi connectivity index (χ2v) is 5.41. The first-order chi connectivity index (χ1) is 10.7. The van der Waals surface area contributed by atoms with Gasteiger partial charge in [0.1, 0.15) is 0 Å². The third-order valence-electron chi connectivity index (χ3n) is 3.74. The van der Waals surface area contributed by atoms with Crippen molar-refractivity contribution in [2.75, 3.05) is 19.8 Å². The number of para-hydroxylation sites is 1. The topological polar surface area (TPSA) is 83.2 Å². The molecule has 124 valence electrons. The molecule has 3 N–H and O–H groups in total. The summed E-state index contributed by atoms with van der Waals surface area (Å²) in [6, 6.07) is 9.16. The number of aromatic nitrogens is 1. The van der Waals surface area contributed by atoms with Gasteiger partial charge in [-0.2, -0.15) is 0 Å². The average Bonchev–Trinajstić information content (AvgIpc) is 2.53. The average molecular weight is 338 g/mol. The molecule has 7 heteroatoms. The van der Waals surface area contributed by atoms with Gasteiger partial charge >= 0.3 is 0 Å². The predicted molar refractivity (Wildman–Crippen MR) is 90.9 cm³/mol. The summed E-state index contributed by atoms with van der Waals surface area (Å²) in [6.45, 7) is 2.37. The zero-order valence-electron chi connectivity index (χ0n) is 12.6. The molecule has 2 aromatic rings. The fourth-order valence-electron chi connectivity index (χ4n) is 2.66. The van der Waals surface area contributed by atoms with E-state index in [0.717, 1.165) is 23.0 Å². The molecule has 1 atom stereocenters. The van der Waals surface area contributed by atoms with Crippen LogP contribution in [0.2, 0.25) is 0 Å². The van der Waals surface area contributed by atoms with E-state index in [9.17, 15) is 9.59 Å². The van der Waals surface area contributed by atoms with E-state index in [1.54, 1.807) is 0 Å². The van der Waals surface area contributed by atoms with Crippen molar-refractivity contribution in [3.05, 3.63) is 46.2 Å². The fourth-order valence-corrected chi connectivity index (χ4v) is 2.66. The van der Waals surface area contributed by atoms with Crippen LogP contribution in [0.5, 0.6) is 0 Å². The lowest BCUT2D eigenvalue weighted by Gasteiger charge is -2.23. The summed E-state index contributed by atoms with van der Waals surface area (Å²) in [4.78, 5) is 26.5. The number of rotatable bonds is 4. The van der Waals surface area contributed by atoms with Crippen molar-refractivity contribution in [1.82, 2.24) is 15.6 Å². The molecule has 1 saturated heterocycles. The second kappa shape index (κ2) is 8.10. The zero-order chi connectivity index (χ0) is 15.4. The summed E-state index contributed by atoms with van der Waals surface area (Å²) < 4.78 is 5.33. The number of halogens is 1. The molecule has 23 heavy (non-hydrogen) atoms. The number of carbonyl (C=O) groups excluding carboxylic acids is 1. The SMILES string of the molecule is Cl.O=C(CC1COCCN1)NCc1cc(=O)[nH]c2ccccc12. The highest BCUT2D eigenvalue weighted by atomic mass is 35.5. The van der Waals surface area contributed by atoms with Crippen molar-refractivity contribution in [3.8, 4) is 0 Å². The minimum Gasteiger partial charge on any atom is -0.378 e. The number of hydrogen-bond donors (Lipinski definition) is 3. The van der Waals surface area contributed by atoms with Gasteiger partial charge in [0.05, 0.1) is 13.2 Å². The Bertz CT molecular complexity index is 726. The van der Waals surface area contributed by atoms with Crippen LogP contribution in [0.4, 0.5) is 0 Å². The normalized spacial score (nSPS) is 17.5. The number of benzene rings is 1. The number of aromatic amines is 1. The zero-order valence-corrected chi connectivity index (χ0v) is 13.4. The Kier molecular flexibility index (Phi) is 6.15. The Morgan fingerprint density at radius 1 is 1.35 bits per heavy atom. The molecule has 1 amide bonds. The molecule has 1 unspecified atom stereocenters. The van der Waals surface area contributed by atoms with Crippen molar-refractivity contribution in [1.29, 1.82) is 0 Å². The van der Waals surface area contributed by atoms with E-state index in [0.29, 0.717) is 26.2 Å². The lowest BCUT2D eigenvalue weighted by molar-refractivity contribution is -0.122. The highest BCUT2D eigenvalue weighted by molar-refractivity contribution is 5.85. The van der Waals surface area contributed by atoms with E-state index in [4.69, 9.17) is 4.74 Å². The summed E-state index contributed by atoms with van der Waals surface area (Å²) in [5.74, 6) is -0.0487. The van der Waals surface area contributed by atoms with E-state index in [1.165, 1.54) is 6.07 Å². The third-order valence-corrected chi connectivity index (χ3v) is 3.74. The summed E-state index contributed by atoms with van der Waals surface area (Å²) in [7, 11) is 0. The molecule has 1 aromatic heterocycles. The summed E-state index contributed by atoms with van der Waals surface area (Å²) in [6.07, 6.45) is 0.376. The summed E-state index contributed by atoms with van der Waals surface area (Å²) in [5.41, 5.74) is 1.44. The Labute approximate surface area is 140 Å². The highest BCUT2D eigenvalue weighted by Crippen LogP contribution is 2.14. The van der Waals surface area contributed by atoms with Crippen molar-refractivity contribution in [2.45, 2.75) is 19.0 Å². The number of pyridine rings is 1. The minimum atomic E-state index is -0.162. The molecule has 0 radical (unpaired) electrons. The van der Waals surface area contributed by atoms with E-state index >= 15 is 0 Å². The van der Waals surface area contributed by atoms with Crippen LogP contribution in [0.3, 0.4) is 0 Å². The highest BCUT2D eigenvalue weighted by Gasteiger charge is 2.16. The Balaban J connectivity index is 0.00000192. The van der Waals surface area contributed by atoms with Crippen molar-refractivity contribution in [2.24, 2.45) is 0 Å². The molecule has 6 nitrogen and oxygen atoms in total. The third kappa shape index (κ3) is 4.54. The van der Waals surface area contributed by atoms with Gasteiger partial charge in [-0.05, 0) is 11.6 Å². The first kappa shape index (κ1) is 17.5. The van der Waals surface area contributed by atoms with E-state index in [2.05, 4.69) is 15.6 Å². The number of fused-ring (bicyclic) bond motifs is 1. The lowest BCUT2D eigenvalue weighted by atomic mass is 10.1. The lowest BCUT2D eigenvalue weighted by Crippen LogP contribution is -2.44.